The summed E-state index contributed by atoms with van der Waals surface area (Å²) in [5.74, 6) is 0. The average molecular weight is 322 g/mol. The third-order valence-electron chi connectivity index (χ3n) is 3.25. The van der Waals surface area contributed by atoms with E-state index in [1.165, 1.54) is 12.5 Å². The fourth-order valence-electron chi connectivity index (χ4n) is 2.34. The van der Waals surface area contributed by atoms with Crippen molar-refractivity contribution in [3.8, 4) is 0 Å². The maximum absolute atomic E-state index is 12.9. The van der Waals surface area contributed by atoms with Crippen LogP contribution in [0.1, 0.15) is 37.7 Å². The summed E-state index contributed by atoms with van der Waals surface area (Å²) in [6.07, 6.45) is 0.956. The maximum atomic E-state index is 12.9. The second-order valence-corrected chi connectivity index (χ2v) is 5.58. The molecular weight excluding hydrogens is 307 g/mol. The molecule has 0 unspecified atom stereocenters. The largest absolute Gasteiger partial charge is 0.418 e. The van der Waals surface area contributed by atoms with Gasteiger partial charge in [-0.1, -0.05) is 35.2 Å². The van der Waals surface area contributed by atoms with E-state index in [2.05, 4.69) is 21.2 Å². The van der Waals surface area contributed by atoms with Crippen LogP contribution in [0.25, 0.3) is 0 Å². The number of rotatable bonds is 2. The maximum Gasteiger partial charge on any atom is 0.418 e. The van der Waals surface area contributed by atoms with Crippen LogP contribution in [-0.2, 0) is 6.18 Å². The molecule has 0 saturated heterocycles. The minimum atomic E-state index is -4.32. The zero-order valence-corrected chi connectivity index (χ0v) is 11.4. The van der Waals surface area contributed by atoms with Crippen molar-refractivity contribution in [1.29, 1.82) is 0 Å². The minimum absolute atomic E-state index is 0.168. The molecule has 0 bridgehead atoms. The van der Waals surface area contributed by atoms with Crippen molar-refractivity contribution in [3.05, 3.63) is 28.2 Å². The molecule has 1 aliphatic rings. The standard InChI is InChI=1S/C13H15BrF3N/c14-9-6-7-12(11(8-9)13(15,16)17)18-10-4-2-1-3-5-10/h6-8,10,18H,1-5H2. The number of nitrogens with one attached hydrogen (secondary N) is 1. The summed E-state index contributed by atoms with van der Waals surface area (Å²) in [4.78, 5) is 0. The molecule has 1 aromatic carbocycles. The minimum Gasteiger partial charge on any atom is -0.382 e. The van der Waals surface area contributed by atoms with Gasteiger partial charge in [0, 0.05) is 16.2 Å². The zero-order valence-electron chi connectivity index (χ0n) is 9.86. The van der Waals surface area contributed by atoms with Crippen LogP contribution in [0.4, 0.5) is 18.9 Å². The van der Waals surface area contributed by atoms with Crippen molar-refractivity contribution >= 4 is 21.6 Å². The Bertz CT molecular complexity index is 411. The van der Waals surface area contributed by atoms with Gasteiger partial charge in [-0.05, 0) is 31.0 Å². The first-order chi connectivity index (χ1) is 8.47. The molecule has 0 aromatic heterocycles. The molecule has 2 rings (SSSR count). The molecule has 1 aromatic rings. The quantitative estimate of drug-likeness (QED) is 0.788. The third-order valence-corrected chi connectivity index (χ3v) is 3.75. The van der Waals surface area contributed by atoms with E-state index in [9.17, 15) is 13.2 Å². The normalized spacial score (nSPS) is 17.8. The molecule has 100 valence electrons. The van der Waals surface area contributed by atoms with Crippen LogP contribution in [0, 0.1) is 0 Å². The summed E-state index contributed by atoms with van der Waals surface area (Å²) in [5.41, 5.74) is -0.403. The summed E-state index contributed by atoms with van der Waals surface area (Å²) in [6.45, 7) is 0. The summed E-state index contributed by atoms with van der Waals surface area (Å²) in [7, 11) is 0. The molecule has 0 heterocycles. The highest BCUT2D eigenvalue weighted by Crippen LogP contribution is 2.37. The average Bonchev–Trinajstić information content (AvgIpc) is 2.31. The fraction of sp³-hybridized carbons (Fsp3) is 0.538. The van der Waals surface area contributed by atoms with E-state index < -0.39 is 11.7 Å². The summed E-state index contributed by atoms with van der Waals surface area (Å²) >= 11 is 3.09. The Hall–Kier alpha value is -0.710. The van der Waals surface area contributed by atoms with Gasteiger partial charge in [0.25, 0.3) is 0 Å². The first-order valence-electron chi connectivity index (χ1n) is 6.10. The molecule has 0 amide bonds. The number of anilines is 1. The van der Waals surface area contributed by atoms with Crippen molar-refractivity contribution in [2.24, 2.45) is 0 Å². The Labute approximate surface area is 113 Å². The van der Waals surface area contributed by atoms with Crippen LogP contribution < -0.4 is 5.32 Å². The van der Waals surface area contributed by atoms with Crippen LogP contribution >= 0.6 is 15.9 Å². The van der Waals surface area contributed by atoms with Crippen LogP contribution in [0.5, 0.6) is 0 Å². The summed E-state index contributed by atoms with van der Waals surface area (Å²) in [5, 5.41) is 3.04. The SMILES string of the molecule is FC(F)(F)c1cc(Br)ccc1NC1CCCCC1. The van der Waals surface area contributed by atoms with Gasteiger partial charge in [0.2, 0.25) is 0 Å². The van der Waals surface area contributed by atoms with Gasteiger partial charge < -0.3 is 5.32 Å². The van der Waals surface area contributed by atoms with Crippen molar-refractivity contribution < 1.29 is 13.2 Å². The number of hydrogen-bond donors (Lipinski definition) is 1. The predicted molar refractivity (Wildman–Crippen MR) is 69.6 cm³/mol. The van der Waals surface area contributed by atoms with E-state index in [0.29, 0.717) is 4.47 Å². The van der Waals surface area contributed by atoms with Gasteiger partial charge in [-0.3, -0.25) is 0 Å². The van der Waals surface area contributed by atoms with Crippen molar-refractivity contribution in [2.75, 3.05) is 5.32 Å². The van der Waals surface area contributed by atoms with E-state index in [0.717, 1.165) is 31.7 Å². The van der Waals surface area contributed by atoms with Crippen molar-refractivity contribution in [2.45, 2.75) is 44.3 Å². The highest BCUT2D eigenvalue weighted by atomic mass is 79.9. The van der Waals surface area contributed by atoms with E-state index in [-0.39, 0.29) is 11.7 Å². The number of halogens is 4. The van der Waals surface area contributed by atoms with E-state index >= 15 is 0 Å². The van der Waals surface area contributed by atoms with Gasteiger partial charge in [0.1, 0.15) is 0 Å². The van der Waals surface area contributed by atoms with Crippen LogP contribution in [0.3, 0.4) is 0 Å². The Morgan fingerprint density at radius 1 is 1.11 bits per heavy atom. The molecule has 0 spiro atoms. The molecule has 1 fully saturated rings. The lowest BCUT2D eigenvalue weighted by Gasteiger charge is -2.25. The Morgan fingerprint density at radius 2 is 1.78 bits per heavy atom. The molecule has 1 saturated carbocycles. The Morgan fingerprint density at radius 3 is 2.39 bits per heavy atom. The molecule has 1 N–H and O–H groups in total. The van der Waals surface area contributed by atoms with E-state index in [1.54, 1.807) is 6.07 Å². The zero-order chi connectivity index (χ0) is 13.2. The third kappa shape index (κ3) is 3.40. The molecule has 1 aliphatic carbocycles. The Kier molecular flexibility index (Phi) is 4.20. The molecule has 5 heteroatoms. The summed E-state index contributed by atoms with van der Waals surface area (Å²) in [6, 6.07) is 4.44. The molecule has 0 radical (unpaired) electrons. The van der Waals surface area contributed by atoms with Crippen LogP contribution in [0.2, 0.25) is 0 Å². The predicted octanol–water partition coefficient (Wildman–Crippen LogP) is 5.21. The number of hydrogen-bond acceptors (Lipinski definition) is 1. The molecule has 0 aliphatic heterocycles. The molecule has 1 nitrogen and oxygen atoms in total. The molecular formula is C13H15BrF3N. The van der Waals surface area contributed by atoms with Crippen molar-refractivity contribution in [1.82, 2.24) is 0 Å². The van der Waals surface area contributed by atoms with Crippen LogP contribution in [-0.4, -0.2) is 6.04 Å². The van der Waals surface area contributed by atoms with Gasteiger partial charge in [0.15, 0.2) is 0 Å². The van der Waals surface area contributed by atoms with Crippen molar-refractivity contribution in [3.63, 3.8) is 0 Å². The number of benzene rings is 1. The van der Waals surface area contributed by atoms with Crippen LogP contribution in [0.15, 0.2) is 22.7 Å². The molecule has 18 heavy (non-hydrogen) atoms. The first-order valence-corrected chi connectivity index (χ1v) is 6.89. The smallest absolute Gasteiger partial charge is 0.382 e. The topological polar surface area (TPSA) is 12.0 Å². The lowest BCUT2D eigenvalue weighted by molar-refractivity contribution is -0.137. The second kappa shape index (κ2) is 5.51. The fourth-order valence-corrected chi connectivity index (χ4v) is 2.70. The highest BCUT2D eigenvalue weighted by Gasteiger charge is 2.34. The highest BCUT2D eigenvalue weighted by molar-refractivity contribution is 9.10. The monoisotopic (exact) mass is 321 g/mol. The first kappa shape index (κ1) is 13.7. The number of alkyl halides is 3. The second-order valence-electron chi connectivity index (χ2n) is 4.67. The van der Waals surface area contributed by atoms with Gasteiger partial charge in [-0.25, -0.2) is 0 Å². The lowest BCUT2D eigenvalue weighted by Crippen LogP contribution is -2.24. The Balaban J connectivity index is 2.21. The molecule has 0 atom stereocenters. The van der Waals surface area contributed by atoms with E-state index in [4.69, 9.17) is 0 Å². The lowest BCUT2D eigenvalue weighted by atomic mass is 9.95. The van der Waals surface area contributed by atoms with Gasteiger partial charge in [-0.2, -0.15) is 13.2 Å². The van der Waals surface area contributed by atoms with E-state index in [1.807, 2.05) is 0 Å². The van der Waals surface area contributed by atoms with Gasteiger partial charge in [-0.15, -0.1) is 0 Å². The van der Waals surface area contributed by atoms with Gasteiger partial charge >= 0.3 is 6.18 Å². The summed E-state index contributed by atoms with van der Waals surface area (Å²) < 4.78 is 39.2. The van der Waals surface area contributed by atoms with Gasteiger partial charge in [0.05, 0.1) is 5.56 Å².